The molecule has 2 N–H and O–H groups in total. The van der Waals surface area contributed by atoms with E-state index in [0.29, 0.717) is 17.0 Å². The molecule has 4 nitrogen and oxygen atoms in total. The second kappa shape index (κ2) is 5.25. The van der Waals surface area contributed by atoms with Crippen molar-refractivity contribution in [2.45, 2.75) is 0 Å². The summed E-state index contributed by atoms with van der Waals surface area (Å²) in [6, 6.07) is 8.65. The van der Waals surface area contributed by atoms with Gasteiger partial charge in [0.25, 0.3) is 0 Å². The number of nitriles is 1. The first-order valence-corrected chi connectivity index (χ1v) is 6.06. The number of hydrogen-bond donors (Lipinski definition) is 1. The summed E-state index contributed by atoms with van der Waals surface area (Å²) in [5, 5.41) is 9.02. The van der Waals surface area contributed by atoms with Crippen LogP contribution in [0.15, 0.2) is 34.9 Å². The Hall–Kier alpha value is -1.77. The first-order valence-electron chi connectivity index (χ1n) is 4.89. The lowest BCUT2D eigenvalue weighted by atomic mass is 10.3. The largest absolute Gasteiger partial charge is 0.435 e. The van der Waals surface area contributed by atoms with Crippen LogP contribution in [0.2, 0.25) is 5.02 Å². The Bertz CT molecular complexity index is 640. The van der Waals surface area contributed by atoms with E-state index < -0.39 is 0 Å². The van der Waals surface area contributed by atoms with Gasteiger partial charge in [-0.15, -0.1) is 0 Å². The van der Waals surface area contributed by atoms with Crippen LogP contribution in [0.4, 0.5) is 5.69 Å². The zero-order valence-electron chi connectivity index (χ0n) is 9.02. The Morgan fingerprint density at radius 1 is 1.39 bits per heavy atom. The molecule has 0 fully saturated rings. The van der Waals surface area contributed by atoms with Crippen molar-refractivity contribution in [1.82, 2.24) is 4.98 Å². The summed E-state index contributed by atoms with van der Waals surface area (Å²) >= 11 is 9.28. The van der Waals surface area contributed by atoms with E-state index >= 15 is 0 Å². The first kappa shape index (κ1) is 12.7. The fraction of sp³-hybridized carbons (Fsp3) is 0. The molecule has 6 heteroatoms. The maximum Gasteiger partial charge on any atom is 0.239 e. The van der Waals surface area contributed by atoms with Crippen molar-refractivity contribution in [2.24, 2.45) is 0 Å². The fourth-order valence-electron chi connectivity index (χ4n) is 1.30. The predicted molar refractivity (Wildman–Crippen MR) is 72.6 cm³/mol. The van der Waals surface area contributed by atoms with Crippen LogP contribution in [0, 0.1) is 11.3 Å². The molecule has 0 radical (unpaired) electrons. The van der Waals surface area contributed by atoms with Gasteiger partial charge in [0.1, 0.15) is 11.1 Å². The molecule has 0 saturated carbocycles. The van der Waals surface area contributed by atoms with E-state index in [2.05, 4.69) is 20.9 Å². The number of pyridine rings is 1. The van der Waals surface area contributed by atoms with Gasteiger partial charge in [0, 0.05) is 10.7 Å². The van der Waals surface area contributed by atoms with E-state index in [9.17, 15) is 0 Å². The molecule has 0 unspecified atom stereocenters. The quantitative estimate of drug-likeness (QED) is 0.854. The molecule has 2 rings (SSSR count). The molecule has 1 aromatic carbocycles. The highest BCUT2D eigenvalue weighted by Crippen LogP contribution is 2.33. The van der Waals surface area contributed by atoms with Crippen molar-refractivity contribution in [1.29, 1.82) is 5.26 Å². The molecule has 2 aromatic rings. The third-order valence-corrected chi connectivity index (χ3v) is 3.01. The summed E-state index contributed by atoms with van der Waals surface area (Å²) in [6.07, 6.45) is 1.45. The zero-order chi connectivity index (χ0) is 13.1. The number of nitrogens with zero attached hydrogens (tertiary/aromatic N) is 2. The van der Waals surface area contributed by atoms with Gasteiger partial charge in [-0.2, -0.15) is 5.26 Å². The molecule has 0 aliphatic heterocycles. The minimum atomic E-state index is 0.157. The summed E-state index contributed by atoms with van der Waals surface area (Å²) in [5.74, 6) is 0.590. The topological polar surface area (TPSA) is 71.9 Å². The molecule has 1 aromatic heterocycles. The van der Waals surface area contributed by atoms with Crippen molar-refractivity contribution in [3.05, 3.63) is 45.5 Å². The highest BCUT2D eigenvalue weighted by molar-refractivity contribution is 9.10. The zero-order valence-corrected chi connectivity index (χ0v) is 11.4. The number of ether oxygens (including phenoxy) is 1. The SMILES string of the molecule is N#Cc1ccnc(Oc2ccc(Br)cc2N)c1Cl. The minimum absolute atomic E-state index is 0.157. The van der Waals surface area contributed by atoms with Crippen molar-refractivity contribution in [3.8, 4) is 17.7 Å². The Kier molecular flexibility index (Phi) is 3.70. The molecule has 0 bridgehead atoms. The predicted octanol–water partition coefficient (Wildman–Crippen LogP) is 3.74. The summed E-state index contributed by atoms with van der Waals surface area (Å²) < 4.78 is 6.34. The van der Waals surface area contributed by atoms with E-state index in [-0.39, 0.29) is 10.9 Å². The van der Waals surface area contributed by atoms with Crippen LogP contribution in [0.25, 0.3) is 0 Å². The van der Waals surface area contributed by atoms with Crippen LogP contribution >= 0.6 is 27.5 Å². The number of hydrogen-bond acceptors (Lipinski definition) is 4. The second-order valence-electron chi connectivity index (χ2n) is 3.37. The van der Waals surface area contributed by atoms with E-state index in [1.165, 1.54) is 12.3 Å². The average Bonchev–Trinajstić information content (AvgIpc) is 2.35. The molecule has 0 saturated heterocycles. The van der Waals surface area contributed by atoms with Crippen LogP contribution < -0.4 is 10.5 Å². The Morgan fingerprint density at radius 2 is 2.17 bits per heavy atom. The smallest absolute Gasteiger partial charge is 0.239 e. The standard InChI is InChI=1S/C12H7BrClN3O/c13-8-1-2-10(9(16)5-8)18-12-11(14)7(6-15)3-4-17-12/h1-5H,16H2. The van der Waals surface area contributed by atoms with E-state index in [0.717, 1.165) is 4.47 Å². The molecule has 0 amide bonds. The number of nitrogens with two attached hydrogens (primary N) is 1. The Morgan fingerprint density at radius 3 is 2.83 bits per heavy atom. The number of nitrogen functional groups attached to an aromatic ring is 1. The minimum Gasteiger partial charge on any atom is -0.435 e. The molecule has 90 valence electrons. The number of rotatable bonds is 2. The number of halogens is 2. The van der Waals surface area contributed by atoms with E-state index in [4.69, 9.17) is 27.3 Å². The van der Waals surface area contributed by atoms with Gasteiger partial charge in [0.15, 0.2) is 5.75 Å². The lowest BCUT2D eigenvalue weighted by Crippen LogP contribution is -1.95. The average molecular weight is 325 g/mol. The number of benzene rings is 1. The molecular weight excluding hydrogens is 318 g/mol. The van der Waals surface area contributed by atoms with Gasteiger partial charge in [-0.25, -0.2) is 4.98 Å². The van der Waals surface area contributed by atoms with Crippen LogP contribution in [0.5, 0.6) is 11.6 Å². The van der Waals surface area contributed by atoms with Crippen LogP contribution in [-0.2, 0) is 0 Å². The fourth-order valence-corrected chi connectivity index (χ4v) is 1.87. The molecule has 0 atom stereocenters. The van der Waals surface area contributed by atoms with Crippen LogP contribution in [0.3, 0.4) is 0 Å². The highest BCUT2D eigenvalue weighted by Gasteiger charge is 2.11. The van der Waals surface area contributed by atoms with Crippen LogP contribution in [0.1, 0.15) is 5.56 Å². The van der Waals surface area contributed by atoms with Gasteiger partial charge in [-0.1, -0.05) is 27.5 Å². The van der Waals surface area contributed by atoms with Gasteiger partial charge >= 0.3 is 0 Å². The molecule has 0 aliphatic rings. The molecule has 1 heterocycles. The second-order valence-corrected chi connectivity index (χ2v) is 4.67. The van der Waals surface area contributed by atoms with Crippen molar-refractivity contribution in [3.63, 3.8) is 0 Å². The summed E-state index contributed by atoms with van der Waals surface area (Å²) in [7, 11) is 0. The summed E-state index contributed by atoms with van der Waals surface area (Å²) in [6.45, 7) is 0. The summed E-state index contributed by atoms with van der Waals surface area (Å²) in [4.78, 5) is 3.97. The third-order valence-electron chi connectivity index (χ3n) is 2.16. The molecule has 18 heavy (non-hydrogen) atoms. The molecule has 0 spiro atoms. The number of aromatic nitrogens is 1. The summed E-state index contributed by atoms with van der Waals surface area (Å²) in [5.41, 5.74) is 6.55. The first-order chi connectivity index (χ1) is 8.61. The normalized spacial score (nSPS) is 9.83. The van der Waals surface area contributed by atoms with Gasteiger partial charge in [-0.05, 0) is 24.3 Å². The van der Waals surface area contributed by atoms with Gasteiger partial charge in [0.2, 0.25) is 5.88 Å². The lowest BCUT2D eigenvalue weighted by Gasteiger charge is -2.09. The lowest BCUT2D eigenvalue weighted by molar-refractivity contribution is 0.465. The highest BCUT2D eigenvalue weighted by atomic mass is 79.9. The van der Waals surface area contributed by atoms with Gasteiger partial charge in [0.05, 0.1) is 11.3 Å². The van der Waals surface area contributed by atoms with Crippen molar-refractivity contribution >= 4 is 33.2 Å². The Balaban J connectivity index is 2.38. The van der Waals surface area contributed by atoms with Crippen molar-refractivity contribution < 1.29 is 4.74 Å². The molecule has 0 aliphatic carbocycles. The maximum atomic E-state index is 8.85. The van der Waals surface area contributed by atoms with Crippen molar-refractivity contribution in [2.75, 3.05) is 5.73 Å². The Labute approximate surface area is 117 Å². The third kappa shape index (κ3) is 2.55. The maximum absolute atomic E-state index is 8.85. The van der Waals surface area contributed by atoms with E-state index in [1.807, 2.05) is 6.07 Å². The van der Waals surface area contributed by atoms with Gasteiger partial charge in [-0.3, -0.25) is 0 Å². The monoisotopic (exact) mass is 323 g/mol. The van der Waals surface area contributed by atoms with Crippen LogP contribution in [-0.4, -0.2) is 4.98 Å². The number of anilines is 1. The van der Waals surface area contributed by atoms with E-state index in [1.54, 1.807) is 18.2 Å². The molecular formula is C12H7BrClN3O. The van der Waals surface area contributed by atoms with Gasteiger partial charge < -0.3 is 10.5 Å².